The SMILES string of the molecule is C(#CN1CCCCC1)c1ccccc1OCC1CCCCC1. The Morgan fingerprint density at radius 2 is 1.68 bits per heavy atom. The summed E-state index contributed by atoms with van der Waals surface area (Å²) in [5.41, 5.74) is 1.03. The highest BCUT2D eigenvalue weighted by Crippen LogP contribution is 2.25. The maximum atomic E-state index is 6.10. The zero-order chi connectivity index (χ0) is 15.0. The van der Waals surface area contributed by atoms with Crippen LogP contribution in [0.25, 0.3) is 0 Å². The molecule has 1 saturated carbocycles. The molecule has 0 atom stereocenters. The van der Waals surface area contributed by atoms with Gasteiger partial charge in [-0.3, -0.25) is 0 Å². The maximum absolute atomic E-state index is 6.10. The normalized spacial score (nSPS) is 19.4. The highest BCUT2D eigenvalue weighted by molar-refractivity contribution is 5.45. The third-order valence-corrected chi connectivity index (χ3v) is 4.79. The third-order valence-electron chi connectivity index (χ3n) is 4.79. The minimum absolute atomic E-state index is 0.733. The van der Waals surface area contributed by atoms with Gasteiger partial charge >= 0.3 is 0 Å². The van der Waals surface area contributed by atoms with Crippen LogP contribution in [0.4, 0.5) is 0 Å². The van der Waals surface area contributed by atoms with E-state index >= 15 is 0 Å². The molecule has 0 amide bonds. The molecule has 1 aromatic carbocycles. The predicted octanol–water partition coefficient (Wildman–Crippen LogP) is 4.44. The van der Waals surface area contributed by atoms with Gasteiger partial charge in [-0.2, -0.15) is 0 Å². The molecule has 0 aromatic heterocycles. The standard InChI is InChI=1S/C20H27NO/c1-3-9-18(10-4-1)17-22-20-12-6-5-11-19(20)13-16-21-14-7-2-8-15-21/h5-6,11-12,18H,1-4,7-10,14-15,17H2. The van der Waals surface area contributed by atoms with Crippen molar-refractivity contribution in [1.82, 2.24) is 4.90 Å². The van der Waals surface area contributed by atoms with Gasteiger partial charge < -0.3 is 9.64 Å². The average Bonchev–Trinajstić information content (AvgIpc) is 2.61. The van der Waals surface area contributed by atoms with Crippen molar-refractivity contribution in [3.05, 3.63) is 29.8 Å². The number of nitrogens with zero attached hydrogens (tertiary/aromatic N) is 1. The molecule has 1 saturated heterocycles. The van der Waals surface area contributed by atoms with Crippen LogP contribution >= 0.6 is 0 Å². The van der Waals surface area contributed by atoms with Gasteiger partial charge in [-0.1, -0.05) is 31.4 Å². The van der Waals surface area contributed by atoms with Crippen molar-refractivity contribution < 1.29 is 4.74 Å². The molecular formula is C20H27NO. The Balaban J connectivity index is 1.60. The smallest absolute Gasteiger partial charge is 0.134 e. The Kier molecular flexibility index (Phi) is 5.65. The number of benzene rings is 1. The molecule has 0 bridgehead atoms. The second kappa shape index (κ2) is 8.13. The van der Waals surface area contributed by atoms with Crippen LogP contribution < -0.4 is 4.74 Å². The van der Waals surface area contributed by atoms with Crippen LogP contribution in [0.5, 0.6) is 5.75 Å². The quantitative estimate of drug-likeness (QED) is 0.765. The molecule has 0 N–H and O–H groups in total. The molecule has 118 valence electrons. The summed E-state index contributed by atoms with van der Waals surface area (Å²) in [6.45, 7) is 3.07. The molecule has 0 radical (unpaired) electrons. The van der Waals surface area contributed by atoms with Gasteiger partial charge in [-0.25, -0.2) is 0 Å². The van der Waals surface area contributed by atoms with Crippen molar-refractivity contribution in [1.29, 1.82) is 0 Å². The number of likely N-dealkylation sites (tertiary alicyclic amines) is 1. The molecule has 1 aliphatic heterocycles. The lowest BCUT2D eigenvalue weighted by Crippen LogP contribution is -2.24. The van der Waals surface area contributed by atoms with Crippen LogP contribution in [0.3, 0.4) is 0 Å². The van der Waals surface area contributed by atoms with Crippen LogP contribution in [0.2, 0.25) is 0 Å². The Labute approximate surface area is 134 Å². The summed E-state index contributed by atoms with van der Waals surface area (Å²) in [7, 11) is 0. The first kappa shape index (κ1) is 15.3. The number of ether oxygens (including phenoxy) is 1. The number of hydrogen-bond donors (Lipinski definition) is 0. The van der Waals surface area contributed by atoms with Crippen LogP contribution in [0.15, 0.2) is 24.3 Å². The molecule has 1 heterocycles. The van der Waals surface area contributed by atoms with Crippen molar-refractivity contribution in [3.8, 4) is 17.7 Å². The highest BCUT2D eigenvalue weighted by atomic mass is 16.5. The summed E-state index contributed by atoms with van der Waals surface area (Å²) in [4.78, 5) is 2.25. The molecule has 2 fully saturated rings. The van der Waals surface area contributed by atoms with Crippen molar-refractivity contribution in [2.45, 2.75) is 51.4 Å². The molecular weight excluding hydrogens is 270 g/mol. The molecule has 1 aliphatic carbocycles. The lowest BCUT2D eigenvalue weighted by atomic mass is 9.90. The van der Waals surface area contributed by atoms with Gasteiger partial charge in [0.05, 0.1) is 12.2 Å². The molecule has 2 heteroatoms. The number of hydrogen-bond acceptors (Lipinski definition) is 2. The van der Waals surface area contributed by atoms with Gasteiger partial charge in [0.25, 0.3) is 0 Å². The average molecular weight is 297 g/mol. The largest absolute Gasteiger partial charge is 0.492 e. The number of para-hydroxylation sites is 1. The van der Waals surface area contributed by atoms with E-state index in [-0.39, 0.29) is 0 Å². The molecule has 0 spiro atoms. The van der Waals surface area contributed by atoms with Crippen molar-refractivity contribution in [2.75, 3.05) is 19.7 Å². The van der Waals surface area contributed by atoms with E-state index in [0.29, 0.717) is 0 Å². The van der Waals surface area contributed by atoms with Gasteiger partial charge in [0.15, 0.2) is 0 Å². The van der Waals surface area contributed by atoms with Gasteiger partial charge in [0.1, 0.15) is 5.75 Å². The molecule has 3 rings (SSSR count). The van der Waals surface area contributed by atoms with Crippen molar-refractivity contribution >= 4 is 0 Å². The Morgan fingerprint density at radius 3 is 2.50 bits per heavy atom. The zero-order valence-corrected chi connectivity index (χ0v) is 13.5. The van der Waals surface area contributed by atoms with E-state index in [1.165, 1.54) is 51.4 Å². The summed E-state index contributed by atoms with van der Waals surface area (Å²) in [5, 5.41) is 0. The Bertz CT molecular complexity index is 516. The van der Waals surface area contributed by atoms with E-state index in [1.807, 2.05) is 12.1 Å². The lowest BCUT2D eigenvalue weighted by Gasteiger charge is -2.22. The van der Waals surface area contributed by atoms with Gasteiger partial charge in [0.2, 0.25) is 0 Å². The van der Waals surface area contributed by atoms with Gasteiger partial charge in [-0.15, -0.1) is 0 Å². The summed E-state index contributed by atoms with van der Waals surface area (Å²) in [6.07, 6.45) is 10.7. The van der Waals surface area contributed by atoms with Crippen molar-refractivity contribution in [2.24, 2.45) is 5.92 Å². The first-order chi connectivity index (χ1) is 10.9. The number of rotatable bonds is 3. The fourth-order valence-electron chi connectivity index (χ4n) is 3.40. The Morgan fingerprint density at radius 1 is 0.955 bits per heavy atom. The first-order valence-electron chi connectivity index (χ1n) is 8.90. The molecule has 2 nitrogen and oxygen atoms in total. The van der Waals surface area contributed by atoms with Crippen LogP contribution in [-0.2, 0) is 0 Å². The number of piperidine rings is 1. The summed E-state index contributed by atoms with van der Waals surface area (Å²) in [6, 6.07) is 11.5. The molecule has 1 aromatic rings. The summed E-state index contributed by atoms with van der Waals surface area (Å²) >= 11 is 0. The van der Waals surface area contributed by atoms with E-state index in [4.69, 9.17) is 4.74 Å². The van der Waals surface area contributed by atoms with Crippen LogP contribution in [0, 0.1) is 17.9 Å². The monoisotopic (exact) mass is 297 g/mol. The van der Waals surface area contributed by atoms with E-state index in [1.54, 1.807) is 0 Å². The lowest BCUT2D eigenvalue weighted by molar-refractivity contribution is 0.208. The van der Waals surface area contributed by atoms with Crippen LogP contribution in [0.1, 0.15) is 56.9 Å². The van der Waals surface area contributed by atoms with E-state index in [0.717, 1.165) is 36.9 Å². The fourth-order valence-corrected chi connectivity index (χ4v) is 3.40. The Hall–Kier alpha value is -1.62. The summed E-state index contributed by atoms with van der Waals surface area (Å²) < 4.78 is 6.10. The summed E-state index contributed by atoms with van der Waals surface area (Å²) in [5.74, 6) is 5.01. The maximum Gasteiger partial charge on any atom is 0.134 e. The second-order valence-corrected chi connectivity index (χ2v) is 6.60. The van der Waals surface area contributed by atoms with Crippen molar-refractivity contribution in [3.63, 3.8) is 0 Å². The predicted molar refractivity (Wildman–Crippen MR) is 90.8 cm³/mol. The highest BCUT2D eigenvalue weighted by Gasteiger charge is 2.14. The fraction of sp³-hybridized carbons (Fsp3) is 0.600. The minimum atomic E-state index is 0.733. The molecule has 22 heavy (non-hydrogen) atoms. The zero-order valence-electron chi connectivity index (χ0n) is 13.5. The van der Waals surface area contributed by atoms with Crippen LogP contribution in [-0.4, -0.2) is 24.6 Å². The third kappa shape index (κ3) is 4.44. The van der Waals surface area contributed by atoms with Gasteiger partial charge in [-0.05, 0) is 56.1 Å². The van der Waals surface area contributed by atoms with Gasteiger partial charge in [0, 0.05) is 19.1 Å². The van der Waals surface area contributed by atoms with E-state index in [2.05, 4.69) is 29.0 Å². The molecule has 2 aliphatic rings. The second-order valence-electron chi connectivity index (χ2n) is 6.60. The minimum Gasteiger partial charge on any atom is -0.492 e. The molecule has 0 unspecified atom stereocenters. The topological polar surface area (TPSA) is 12.5 Å². The van der Waals surface area contributed by atoms with E-state index < -0.39 is 0 Å². The van der Waals surface area contributed by atoms with E-state index in [9.17, 15) is 0 Å². The first-order valence-corrected chi connectivity index (χ1v) is 8.90.